The molecule has 4 aromatic rings. The Kier molecular flexibility index (Phi) is 7.38. The summed E-state index contributed by atoms with van der Waals surface area (Å²) in [5.74, 6) is -0.701. The van der Waals surface area contributed by atoms with Crippen LogP contribution in [-0.2, 0) is 9.59 Å². The summed E-state index contributed by atoms with van der Waals surface area (Å²) in [7, 11) is -2.59. The third kappa shape index (κ3) is 4.94. The van der Waals surface area contributed by atoms with Gasteiger partial charge in [0.1, 0.15) is 0 Å². The van der Waals surface area contributed by atoms with E-state index < -0.39 is 21.8 Å². The number of carbonyl (C=O) groups is 2. The van der Waals surface area contributed by atoms with Crippen molar-refractivity contribution in [1.29, 1.82) is 0 Å². The van der Waals surface area contributed by atoms with Gasteiger partial charge in [0, 0.05) is 15.8 Å². The Labute approximate surface area is 191 Å². The van der Waals surface area contributed by atoms with E-state index in [1.807, 2.05) is 121 Å². The molecule has 0 saturated carbocycles. The smallest absolute Gasteiger partial charge is 0.173 e. The van der Waals surface area contributed by atoms with Crippen LogP contribution in [0.5, 0.6) is 0 Å². The van der Waals surface area contributed by atoms with E-state index in [0.717, 1.165) is 21.2 Å². The summed E-state index contributed by atoms with van der Waals surface area (Å²) < 4.78 is 0. The lowest BCUT2D eigenvalue weighted by Crippen LogP contribution is -2.30. The second-order valence-electron chi connectivity index (χ2n) is 7.41. The molecule has 0 N–H and O–H groups in total. The average molecular weight is 454 g/mol. The molecule has 0 aliphatic rings. The number of rotatable bonds is 8. The maximum Gasteiger partial charge on any atom is 0.173 e. The lowest BCUT2D eigenvalue weighted by Gasteiger charge is -2.24. The number of hydrogen-bond acceptors (Lipinski definition) is 2. The van der Waals surface area contributed by atoms with Crippen molar-refractivity contribution >= 4 is 48.1 Å². The zero-order valence-corrected chi connectivity index (χ0v) is 19.6. The van der Waals surface area contributed by atoms with Crippen LogP contribution in [0.4, 0.5) is 0 Å². The molecule has 0 spiro atoms. The Morgan fingerprint density at radius 1 is 0.469 bits per heavy atom. The molecule has 2 nitrogen and oxygen atoms in total. The third-order valence-corrected chi connectivity index (χ3v) is 10.2. The predicted molar refractivity (Wildman–Crippen MR) is 137 cm³/mol. The van der Waals surface area contributed by atoms with Crippen molar-refractivity contribution in [2.24, 2.45) is 5.92 Å². The number of hydrogen-bond donors (Lipinski definition) is 0. The maximum absolute atomic E-state index is 13.9. The zero-order valence-electron chi connectivity index (χ0n) is 17.8. The van der Waals surface area contributed by atoms with Gasteiger partial charge in [-0.25, -0.2) is 0 Å². The van der Waals surface area contributed by atoms with Crippen LogP contribution in [0.25, 0.3) is 0 Å². The Bertz CT molecular complexity index is 989. The van der Waals surface area contributed by atoms with Crippen molar-refractivity contribution < 1.29 is 9.59 Å². The molecule has 0 aliphatic carbocycles. The molecule has 4 rings (SSSR count). The van der Waals surface area contributed by atoms with E-state index in [1.54, 1.807) is 6.92 Å². The molecule has 0 radical (unpaired) electrons. The van der Waals surface area contributed by atoms with Crippen molar-refractivity contribution in [2.75, 3.05) is 0 Å². The fourth-order valence-corrected chi connectivity index (χ4v) is 8.21. The summed E-state index contributed by atoms with van der Waals surface area (Å²) in [6, 6.07) is 39.3. The molecular weight excluding hydrogens is 430 g/mol. The van der Waals surface area contributed by atoms with Gasteiger partial charge in [0.05, 0.1) is 5.92 Å². The van der Waals surface area contributed by atoms with Crippen LogP contribution in [0.2, 0.25) is 0 Å². The fourth-order valence-electron chi connectivity index (χ4n) is 3.61. The standard InChI is InChI=1S/C28H24O2P2/c1-22(27(29)31(23-14-6-2-7-15-23)24-16-8-3-9-17-24)28(30)32(25-18-10-4-11-19-25)26-20-12-5-13-21-26/h2-22H,1H3. The highest BCUT2D eigenvalue weighted by Crippen LogP contribution is 2.43. The summed E-state index contributed by atoms with van der Waals surface area (Å²) in [5, 5.41) is 3.90. The van der Waals surface area contributed by atoms with Gasteiger partial charge in [0.25, 0.3) is 0 Å². The average Bonchev–Trinajstić information content (AvgIpc) is 2.86. The highest BCUT2D eigenvalue weighted by molar-refractivity contribution is 7.90. The third-order valence-electron chi connectivity index (χ3n) is 5.24. The first-order chi connectivity index (χ1) is 15.7. The summed E-state index contributed by atoms with van der Waals surface area (Å²) in [6.07, 6.45) is 0. The summed E-state index contributed by atoms with van der Waals surface area (Å²) in [4.78, 5) is 27.7. The minimum absolute atomic E-state index is 0.00163. The SMILES string of the molecule is CC(C(=O)P(c1ccccc1)c1ccccc1)C(=O)P(c1ccccc1)c1ccccc1. The van der Waals surface area contributed by atoms with Gasteiger partial charge < -0.3 is 0 Å². The van der Waals surface area contributed by atoms with Crippen molar-refractivity contribution in [2.45, 2.75) is 6.92 Å². The predicted octanol–water partition coefficient (Wildman–Crippen LogP) is 4.94. The molecule has 0 fully saturated rings. The highest BCUT2D eigenvalue weighted by Gasteiger charge is 2.35. The van der Waals surface area contributed by atoms with E-state index in [4.69, 9.17) is 0 Å². The monoisotopic (exact) mass is 454 g/mol. The van der Waals surface area contributed by atoms with E-state index in [2.05, 4.69) is 0 Å². The lowest BCUT2D eigenvalue weighted by atomic mass is 10.2. The van der Waals surface area contributed by atoms with Crippen molar-refractivity contribution in [3.05, 3.63) is 121 Å². The lowest BCUT2D eigenvalue weighted by molar-refractivity contribution is -0.122. The van der Waals surface area contributed by atoms with Crippen LogP contribution in [0.3, 0.4) is 0 Å². The number of carbonyl (C=O) groups excluding carboxylic acids is 2. The van der Waals surface area contributed by atoms with Crippen LogP contribution in [0.1, 0.15) is 6.92 Å². The first-order valence-electron chi connectivity index (χ1n) is 10.5. The Morgan fingerprint density at radius 3 is 0.906 bits per heavy atom. The number of benzene rings is 4. The van der Waals surface area contributed by atoms with Gasteiger partial charge in [-0.3, -0.25) is 9.59 Å². The molecule has 158 valence electrons. The second kappa shape index (κ2) is 10.6. The van der Waals surface area contributed by atoms with E-state index in [-0.39, 0.29) is 11.0 Å². The molecule has 32 heavy (non-hydrogen) atoms. The first kappa shape index (κ1) is 22.3. The van der Waals surface area contributed by atoms with Crippen molar-refractivity contribution in [1.82, 2.24) is 0 Å². The molecule has 0 aromatic heterocycles. The normalized spacial score (nSPS) is 11.1. The van der Waals surface area contributed by atoms with Gasteiger partial charge in [-0.1, -0.05) is 121 Å². The zero-order chi connectivity index (χ0) is 22.3. The minimum Gasteiger partial charge on any atom is -0.293 e. The molecule has 0 aliphatic heterocycles. The van der Waals surface area contributed by atoms with E-state index in [0.29, 0.717) is 0 Å². The van der Waals surface area contributed by atoms with Crippen molar-refractivity contribution in [3.8, 4) is 0 Å². The molecular formula is C28H24O2P2. The molecule has 0 unspecified atom stereocenters. The summed E-state index contributed by atoms with van der Waals surface area (Å²) in [5.41, 5.74) is 0.00326. The van der Waals surface area contributed by atoms with Gasteiger partial charge in [0.2, 0.25) is 0 Å². The minimum atomic E-state index is -1.30. The van der Waals surface area contributed by atoms with Gasteiger partial charge in [-0.15, -0.1) is 0 Å². The van der Waals surface area contributed by atoms with Gasteiger partial charge >= 0.3 is 0 Å². The second-order valence-corrected chi connectivity index (χ2v) is 11.7. The van der Waals surface area contributed by atoms with Crippen molar-refractivity contribution in [3.63, 3.8) is 0 Å². The Morgan fingerprint density at radius 2 is 0.688 bits per heavy atom. The van der Waals surface area contributed by atoms with Crippen LogP contribution in [-0.4, -0.2) is 11.0 Å². The fraction of sp³-hybridized carbons (Fsp3) is 0.0714. The topological polar surface area (TPSA) is 34.1 Å². The highest BCUT2D eigenvalue weighted by atomic mass is 31.1. The Hall–Kier alpha value is -2.92. The van der Waals surface area contributed by atoms with Gasteiger partial charge in [0.15, 0.2) is 11.0 Å². The Balaban J connectivity index is 1.72. The maximum atomic E-state index is 13.9. The molecule has 0 saturated heterocycles. The van der Waals surface area contributed by atoms with Crippen LogP contribution >= 0.6 is 15.8 Å². The van der Waals surface area contributed by atoms with E-state index in [1.165, 1.54) is 0 Å². The van der Waals surface area contributed by atoms with Gasteiger partial charge in [-0.2, -0.15) is 0 Å². The summed E-state index contributed by atoms with van der Waals surface area (Å²) in [6.45, 7) is 1.78. The first-order valence-corrected chi connectivity index (χ1v) is 13.2. The largest absolute Gasteiger partial charge is 0.293 e. The molecule has 0 heterocycles. The molecule has 4 aromatic carbocycles. The molecule has 0 bridgehead atoms. The van der Waals surface area contributed by atoms with Crippen LogP contribution < -0.4 is 21.2 Å². The summed E-state index contributed by atoms with van der Waals surface area (Å²) >= 11 is 0. The van der Waals surface area contributed by atoms with Gasteiger partial charge in [-0.05, 0) is 28.1 Å². The quantitative estimate of drug-likeness (QED) is 0.279. The van der Waals surface area contributed by atoms with E-state index in [9.17, 15) is 9.59 Å². The van der Waals surface area contributed by atoms with Crippen LogP contribution in [0.15, 0.2) is 121 Å². The molecule has 0 amide bonds. The van der Waals surface area contributed by atoms with Crippen LogP contribution in [0, 0.1) is 5.92 Å². The molecule has 0 atom stereocenters. The van der Waals surface area contributed by atoms with E-state index >= 15 is 0 Å². The molecule has 4 heteroatoms.